The molecule has 0 aromatic carbocycles. The molecule has 2 bridgehead atoms. The first-order valence-electron chi connectivity index (χ1n) is 8.51. The van der Waals surface area contributed by atoms with Crippen LogP contribution in [0.15, 0.2) is 0 Å². The lowest BCUT2D eigenvalue weighted by atomic mass is 9.81. The smallest absolute Gasteiger partial charge is 0.0224 e. The van der Waals surface area contributed by atoms with Gasteiger partial charge in [0.2, 0.25) is 0 Å². The fraction of sp³-hybridized carbons (Fsp3) is 1.00. The molecule has 4 aliphatic heterocycles. The zero-order valence-corrected chi connectivity index (χ0v) is 12.4. The van der Waals surface area contributed by atoms with Crippen LogP contribution in [0.4, 0.5) is 0 Å². The summed E-state index contributed by atoms with van der Waals surface area (Å²) in [5.41, 5.74) is 0. The van der Waals surface area contributed by atoms with Gasteiger partial charge in [0.25, 0.3) is 0 Å². The fourth-order valence-electron chi connectivity index (χ4n) is 5.23. The van der Waals surface area contributed by atoms with Crippen molar-refractivity contribution >= 4 is 0 Å². The van der Waals surface area contributed by atoms with Crippen molar-refractivity contribution < 1.29 is 0 Å². The summed E-state index contributed by atoms with van der Waals surface area (Å²) in [6.07, 6.45) is 10.2. The van der Waals surface area contributed by atoms with Gasteiger partial charge in [-0.15, -0.1) is 0 Å². The first-order valence-corrected chi connectivity index (χ1v) is 8.51. The molecular weight excluding hydrogens is 234 g/mol. The van der Waals surface area contributed by atoms with Crippen molar-refractivity contribution in [3.8, 4) is 0 Å². The molecule has 19 heavy (non-hydrogen) atoms. The van der Waals surface area contributed by atoms with Crippen LogP contribution in [-0.4, -0.2) is 72.1 Å². The van der Waals surface area contributed by atoms with Crippen molar-refractivity contribution in [2.24, 2.45) is 0 Å². The van der Waals surface area contributed by atoms with Crippen LogP contribution in [-0.2, 0) is 0 Å². The molecule has 0 aromatic rings. The van der Waals surface area contributed by atoms with Crippen LogP contribution in [0.2, 0.25) is 0 Å². The summed E-state index contributed by atoms with van der Waals surface area (Å²) in [5, 5.41) is 0. The molecule has 0 amide bonds. The van der Waals surface area contributed by atoms with Crippen LogP contribution in [0.5, 0.6) is 0 Å². The van der Waals surface area contributed by atoms with E-state index in [1.54, 1.807) is 0 Å². The Kier molecular flexibility index (Phi) is 3.33. The van der Waals surface area contributed by atoms with Crippen LogP contribution in [0.25, 0.3) is 0 Å². The summed E-state index contributed by atoms with van der Waals surface area (Å²) in [6, 6.07) is 3.57. The van der Waals surface area contributed by atoms with E-state index in [0.717, 1.165) is 24.2 Å². The largest absolute Gasteiger partial charge is 0.300 e. The van der Waals surface area contributed by atoms with Gasteiger partial charge in [0.15, 0.2) is 0 Å². The maximum Gasteiger partial charge on any atom is 0.0224 e. The van der Waals surface area contributed by atoms with E-state index in [1.165, 1.54) is 71.1 Å². The molecule has 3 heteroatoms. The third-order valence-corrected chi connectivity index (χ3v) is 6.45. The first-order chi connectivity index (χ1) is 9.31. The number of piperazine rings is 1. The lowest BCUT2D eigenvalue weighted by Crippen LogP contribution is -2.59. The van der Waals surface area contributed by atoms with Crippen molar-refractivity contribution in [3.05, 3.63) is 0 Å². The Balaban J connectivity index is 1.42. The van der Waals surface area contributed by atoms with Crippen LogP contribution in [0.3, 0.4) is 0 Å². The molecule has 108 valence electrons. The molecule has 0 saturated carbocycles. The molecule has 4 saturated heterocycles. The number of piperidine rings is 2. The molecule has 4 heterocycles. The van der Waals surface area contributed by atoms with Gasteiger partial charge in [0.1, 0.15) is 0 Å². The minimum atomic E-state index is 0.888. The molecule has 3 unspecified atom stereocenters. The van der Waals surface area contributed by atoms with E-state index in [2.05, 4.69) is 21.7 Å². The van der Waals surface area contributed by atoms with E-state index in [1.807, 2.05) is 0 Å². The van der Waals surface area contributed by atoms with Crippen molar-refractivity contribution in [3.63, 3.8) is 0 Å². The van der Waals surface area contributed by atoms with Crippen LogP contribution < -0.4 is 0 Å². The molecule has 0 aromatic heterocycles. The van der Waals surface area contributed by atoms with Gasteiger partial charge < -0.3 is 4.90 Å². The third-order valence-electron chi connectivity index (χ3n) is 6.45. The Labute approximate surface area is 117 Å². The highest BCUT2D eigenvalue weighted by atomic mass is 15.3. The SMILES string of the molecule is CN1C2CCCC1CC(N1CCN3CCCC3C1)C2. The highest BCUT2D eigenvalue weighted by Crippen LogP contribution is 2.36. The average molecular weight is 263 g/mol. The summed E-state index contributed by atoms with van der Waals surface area (Å²) in [7, 11) is 2.37. The summed E-state index contributed by atoms with van der Waals surface area (Å²) >= 11 is 0. The van der Waals surface area contributed by atoms with Gasteiger partial charge in [-0.1, -0.05) is 6.42 Å². The first kappa shape index (κ1) is 12.6. The minimum absolute atomic E-state index is 0.888. The quantitative estimate of drug-likeness (QED) is 0.714. The molecule has 3 atom stereocenters. The zero-order chi connectivity index (χ0) is 12.8. The van der Waals surface area contributed by atoms with Gasteiger partial charge in [-0.2, -0.15) is 0 Å². The van der Waals surface area contributed by atoms with Crippen LogP contribution in [0, 0.1) is 0 Å². The molecule has 4 rings (SSSR count). The van der Waals surface area contributed by atoms with Crippen molar-refractivity contribution in [1.82, 2.24) is 14.7 Å². The average Bonchev–Trinajstić information content (AvgIpc) is 2.85. The maximum atomic E-state index is 2.87. The Bertz CT molecular complexity index is 318. The molecule has 4 fully saturated rings. The second-order valence-corrected chi connectivity index (χ2v) is 7.36. The maximum absolute atomic E-state index is 2.87. The second-order valence-electron chi connectivity index (χ2n) is 7.36. The Hall–Kier alpha value is -0.120. The minimum Gasteiger partial charge on any atom is -0.300 e. The predicted octanol–water partition coefficient (Wildman–Crippen LogP) is 1.78. The Morgan fingerprint density at radius 2 is 1.37 bits per heavy atom. The summed E-state index contributed by atoms with van der Waals surface area (Å²) < 4.78 is 0. The Morgan fingerprint density at radius 3 is 2.16 bits per heavy atom. The van der Waals surface area contributed by atoms with Crippen molar-refractivity contribution in [2.75, 3.05) is 33.2 Å². The van der Waals surface area contributed by atoms with E-state index in [4.69, 9.17) is 0 Å². The van der Waals surface area contributed by atoms with E-state index in [0.29, 0.717) is 0 Å². The lowest BCUT2D eigenvalue weighted by molar-refractivity contribution is -0.0140. The van der Waals surface area contributed by atoms with E-state index >= 15 is 0 Å². The molecule has 0 aliphatic carbocycles. The van der Waals surface area contributed by atoms with Crippen molar-refractivity contribution in [1.29, 1.82) is 0 Å². The highest BCUT2D eigenvalue weighted by molar-refractivity contribution is 4.97. The highest BCUT2D eigenvalue weighted by Gasteiger charge is 2.40. The molecule has 0 spiro atoms. The van der Waals surface area contributed by atoms with Crippen LogP contribution in [0.1, 0.15) is 44.9 Å². The van der Waals surface area contributed by atoms with Gasteiger partial charge in [0, 0.05) is 43.8 Å². The summed E-state index contributed by atoms with van der Waals surface area (Å²) in [4.78, 5) is 8.31. The van der Waals surface area contributed by atoms with E-state index in [-0.39, 0.29) is 0 Å². The summed E-state index contributed by atoms with van der Waals surface area (Å²) in [6.45, 7) is 5.42. The number of rotatable bonds is 1. The standard InChI is InChI=1S/C16H29N3/c1-17-13-4-2-5-14(17)11-16(10-13)19-9-8-18-7-3-6-15(18)12-19/h13-16H,2-12H2,1H3. The predicted molar refractivity (Wildman–Crippen MR) is 78.4 cm³/mol. The summed E-state index contributed by atoms with van der Waals surface area (Å²) in [5.74, 6) is 0. The van der Waals surface area contributed by atoms with Gasteiger partial charge in [0.05, 0.1) is 0 Å². The normalized spacial score (nSPS) is 45.3. The molecule has 0 N–H and O–H groups in total. The van der Waals surface area contributed by atoms with Crippen LogP contribution >= 0.6 is 0 Å². The second kappa shape index (κ2) is 5.01. The van der Waals surface area contributed by atoms with Gasteiger partial charge in [-0.05, 0) is 52.1 Å². The number of hydrogen-bond acceptors (Lipinski definition) is 3. The molecule has 0 radical (unpaired) electrons. The van der Waals surface area contributed by atoms with Gasteiger partial charge in [-0.25, -0.2) is 0 Å². The number of nitrogens with zero attached hydrogens (tertiary/aromatic N) is 3. The number of hydrogen-bond donors (Lipinski definition) is 0. The fourth-order valence-corrected chi connectivity index (χ4v) is 5.23. The van der Waals surface area contributed by atoms with E-state index < -0.39 is 0 Å². The lowest BCUT2D eigenvalue weighted by Gasteiger charge is -2.51. The third kappa shape index (κ3) is 2.24. The van der Waals surface area contributed by atoms with Gasteiger partial charge in [-0.3, -0.25) is 9.80 Å². The zero-order valence-electron chi connectivity index (χ0n) is 12.4. The molecular formula is C16H29N3. The van der Waals surface area contributed by atoms with Gasteiger partial charge >= 0.3 is 0 Å². The Morgan fingerprint density at radius 1 is 0.684 bits per heavy atom. The molecule has 4 aliphatic rings. The molecule has 3 nitrogen and oxygen atoms in total. The van der Waals surface area contributed by atoms with E-state index in [9.17, 15) is 0 Å². The monoisotopic (exact) mass is 263 g/mol. The number of fused-ring (bicyclic) bond motifs is 3. The van der Waals surface area contributed by atoms with Crippen molar-refractivity contribution in [2.45, 2.75) is 69.1 Å². The topological polar surface area (TPSA) is 9.72 Å².